The largest absolute Gasteiger partial charge is 0.465 e. The Morgan fingerprint density at radius 2 is 1.96 bits per heavy atom. The van der Waals surface area contributed by atoms with Gasteiger partial charge in [-0.2, -0.15) is 5.10 Å². The van der Waals surface area contributed by atoms with E-state index in [4.69, 9.17) is 0 Å². The average molecular weight is 337 g/mol. The topological polar surface area (TPSA) is 73.2 Å². The van der Waals surface area contributed by atoms with Gasteiger partial charge in [-0.05, 0) is 39.5 Å². The van der Waals surface area contributed by atoms with Crippen LogP contribution in [0, 0.1) is 11.8 Å². The molecule has 1 aliphatic heterocycles. The first-order chi connectivity index (χ1) is 11.2. The van der Waals surface area contributed by atoms with Gasteiger partial charge < -0.3 is 10.0 Å². The summed E-state index contributed by atoms with van der Waals surface area (Å²) < 4.78 is 0. The second-order valence-corrected chi connectivity index (χ2v) is 8.21. The van der Waals surface area contributed by atoms with Crippen LogP contribution in [0.1, 0.15) is 66.2 Å². The molecule has 6 nitrogen and oxygen atoms in total. The highest BCUT2D eigenvalue weighted by Crippen LogP contribution is 2.27. The van der Waals surface area contributed by atoms with Gasteiger partial charge in [0.2, 0.25) is 5.91 Å². The maximum absolute atomic E-state index is 12.3. The van der Waals surface area contributed by atoms with Crippen molar-refractivity contribution in [3.63, 3.8) is 0 Å². The zero-order valence-corrected chi connectivity index (χ0v) is 15.4. The van der Waals surface area contributed by atoms with E-state index < -0.39 is 11.6 Å². The Kier molecular flexibility index (Phi) is 5.88. The second kappa shape index (κ2) is 7.53. The van der Waals surface area contributed by atoms with Crippen molar-refractivity contribution in [2.24, 2.45) is 16.9 Å². The average Bonchev–Trinajstić information content (AvgIpc) is 2.85. The van der Waals surface area contributed by atoms with E-state index in [0.29, 0.717) is 18.9 Å². The fourth-order valence-corrected chi connectivity index (χ4v) is 3.54. The SMILES string of the molecule is CC(CN(C(=O)O)C(C)(C)C)C1=NN(CC2CCCCC2)C(=O)C1. The minimum atomic E-state index is -0.932. The van der Waals surface area contributed by atoms with Crippen molar-refractivity contribution in [2.75, 3.05) is 13.1 Å². The minimum Gasteiger partial charge on any atom is -0.465 e. The van der Waals surface area contributed by atoms with Gasteiger partial charge in [0.05, 0.1) is 12.1 Å². The molecule has 136 valence electrons. The molecular weight excluding hydrogens is 306 g/mol. The van der Waals surface area contributed by atoms with E-state index in [9.17, 15) is 14.7 Å². The summed E-state index contributed by atoms with van der Waals surface area (Å²) in [5.74, 6) is 0.562. The number of hydrogen-bond acceptors (Lipinski definition) is 3. The lowest BCUT2D eigenvalue weighted by molar-refractivity contribution is -0.129. The monoisotopic (exact) mass is 337 g/mol. The molecule has 1 N–H and O–H groups in total. The highest BCUT2D eigenvalue weighted by molar-refractivity contribution is 6.06. The van der Waals surface area contributed by atoms with Crippen LogP contribution in [0.4, 0.5) is 4.79 Å². The minimum absolute atomic E-state index is 0.0550. The molecule has 0 spiro atoms. The fourth-order valence-electron chi connectivity index (χ4n) is 3.54. The van der Waals surface area contributed by atoms with Gasteiger partial charge in [-0.1, -0.05) is 26.2 Å². The van der Waals surface area contributed by atoms with Crippen LogP contribution in [0.15, 0.2) is 5.10 Å². The molecule has 1 saturated carbocycles. The fraction of sp³-hybridized carbons (Fsp3) is 0.833. The van der Waals surface area contributed by atoms with Gasteiger partial charge in [0.25, 0.3) is 0 Å². The summed E-state index contributed by atoms with van der Waals surface area (Å²) in [6.07, 6.45) is 5.55. The molecule has 1 atom stereocenters. The number of hydrazone groups is 1. The van der Waals surface area contributed by atoms with Crippen molar-refractivity contribution in [1.82, 2.24) is 9.91 Å². The van der Waals surface area contributed by atoms with Crippen molar-refractivity contribution in [3.05, 3.63) is 0 Å². The molecule has 1 unspecified atom stereocenters. The van der Waals surface area contributed by atoms with Crippen molar-refractivity contribution in [1.29, 1.82) is 0 Å². The quantitative estimate of drug-likeness (QED) is 0.833. The standard InChI is InChI=1S/C18H31N3O3/c1-13(11-20(17(23)24)18(2,3)4)15-10-16(22)21(19-15)12-14-8-6-5-7-9-14/h13-14H,5-12H2,1-4H3,(H,23,24). The summed E-state index contributed by atoms with van der Waals surface area (Å²) in [6.45, 7) is 8.68. The number of amides is 2. The molecule has 0 aromatic heterocycles. The van der Waals surface area contributed by atoms with Crippen molar-refractivity contribution >= 4 is 17.7 Å². The van der Waals surface area contributed by atoms with Gasteiger partial charge in [0, 0.05) is 24.5 Å². The van der Waals surface area contributed by atoms with Crippen molar-refractivity contribution < 1.29 is 14.7 Å². The summed E-state index contributed by atoms with van der Waals surface area (Å²) in [6, 6.07) is 0. The van der Waals surface area contributed by atoms with E-state index in [-0.39, 0.29) is 11.8 Å². The molecule has 0 aromatic rings. The Morgan fingerprint density at radius 3 is 2.50 bits per heavy atom. The molecule has 2 amide bonds. The molecule has 0 aromatic carbocycles. The molecule has 24 heavy (non-hydrogen) atoms. The third-order valence-corrected chi connectivity index (χ3v) is 5.09. The number of carbonyl (C=O) groups is 2. The van der Waals surface area contributed by atoms with E-state index in [0.717, 1.165) is 12.3 Å². The van der Waals surface area contributed by atoms with E-state index >= 15 is 0 Å². The summed E-state index contributed by atoms with van der Waals surface area (Å²) in [7, 11) is 0. The lowest BCUT2D eigenvalue weighted by atomic mass is 9.89. The van der Waals surface area contributed by atoms with Crippen molar-refractivity contribution in [3.8, 4) is 0 Å². The van der Waals surface area contributed by atoms with Crippen LogP contribution in [-0.2, 0) is 4.79 Å². The number of hydrogen-bond donors (Lipinski definition) is 1. The Bertz CT molecular complexity index is 504. The number of nitrogens with zero attached hydrogens (tertiary/aromatic N) is 3. The number of rotatable bonds is 5. The molecule has 1 heterocycles. The van der Waals surface area contributed by atoms with Crippen LogP contribution >= 0.6 is 0 Å². The molecular formula is C18H31N3O3. The lowest BCUT2D eigenvalue weighted by Crippen LogP contribution is -2.47. The highest BCUT2D eigenvalue weighted by Gasteiger charge is 2.33. The summed E-state index contributed by atoms with van der Waals surface area (Å²) in [5.41, 5.74) is 0.344. The van der Waals surface area contributed by atoms with Crippen molar-refractivity contribution in [2.45, 2.75) is 71.8 Å². The summed E-state index contributed by atoms with van der Waals surface area (Å²) >= 11 is 0. The molecule has 0 saturated heterocycles. The zero-order valence-electron chi connectivity index (χ0n) is 15.4. The normalized spacial score (nSPS) is 20.9. The summed E-state index contributed by atoms with van der Waals surface area (Å²) in [4.78, 5) is 25.2. The Balaban J connectivity index is 1.98. The molecule has 2 aliphatic rings. The second-order valence-electron chi connectivity index (χ2n) is 8.21. The molecule has 1 fully saturated rings. The van der Waals surface area contributed by atoms with Gasteiger partial charge in [-0.25, -0.2) is 9.80 Å². The van der Waals surface area contributed by atoms with Crippen LogP contribution in [0.2, 0.25) is 0 Å². The molecule has 0 bridgehead atoms. The molecule has 0 radical (unpaired) electrons. The predicted molar refractivity (Wildman–Crippen MR) is 94.0 cm³/mol. The van der Waals surface area contributed by atoms with Crippen LogP contribution in [0.5, 0.6) is 0 Å². The van der Waals surface area contributed by atoms with E-state index in [1.807, 2.05) is 27.7 Å². The van der Waals surface area contributed by atoms with Crippen LogP contribution in [0.25, 0.3) is 0 Å². The third kappa shape index (κ3) is 4.71. The van der Waals surface area contributed by atoms with E-state index in [1.54, 1.807) is 5.01 Å². The predicted octanol–water partition coefficient (Wildman–Crippen LogP) is 3.57. The van der Waals surface area contributed by atoms with Gasteiger partial charge in [0.15, 0.2) is 0 Å². The summed E-state index contributed by atoms with van der Waals surface area (Å²) in [5, 5.41) is 15.6. The van der Waals surface area contributed by atoms with Crippen LogP contribution in [0.3, 0.4) is 0 Å². The van der Waals surface area contributed by atoms with Crippen LogP contribution in [-0.4, -0.2) is 51.4 Å². The first-order valence-corrected chi connectivity index (χ1v) is 9.06. The lowest BCUT2D eigenvalue weighted by Gasteiger charge is -2.35. The molecule has 2 rings (SSSR count). The zero-order chi connectivity index (χ0) is 17.9. The maximum Gasteiger partial charge on any atom is 0.407 e. The maximum atomic E-state index is 12.3. The van der Waals surface area contributed by atoms with Crippen LogP contribution < -0.4 is 0 Å². The molecule has 6 heteroatoms. The van der Waals surface area contributed by atoms with Gasteiger partial charge in [0.1, 0.15) is 0 Å². The first-order valence-electron chi connectivity index (χ1n) is 9.06. The third-order valence-electron chi connectivity index (χ3n) is 5.09. The molecule has 1 aliphatic carbocycles. The first kappa shape index (κ1) is 18.7. The highest BCUT2D eigenvalue weighted by atomic mass is 16.4. The number of carbonyl (C=O) groups excluding carboxylic acids is 1. The van der Waals surface area contributed by atoms with E-state index in [1.165, 1.54) is 37.0 Å². The van der Waals surface area contributed by atoms with Gasteiger partial charge in [-0.15, -0.1) is 0 Å². The smallest absolute Gasteiger partial charge is 0.407 e. The Labute approximate surface area is 144 Å². The van der Waals surface area contributed by atoms with E-state index in [2.05, 4.69) is 5.10 Å². The Morgan fingerprint density at radius 1 is 1.33 bits per heavy atom. The Hall–Kier alpha value is -1.59. The number of carboxylic acid groups (broad SMARTS) is 1. The van der Waals surface area contributed by atoms with Gasteiger partial charge >= 0.3 is 6.09 Å². The van der Waals surface area contributed by atoms with Gasteiger partial charge in [-0.3, -0.25) is 4.79 Å².